The number of hydrogen-bond donors (Lipinski definition) is 1. The lowest BCUT2D eigenvalue weighted by Crippen LogP contribution is -2.52. The molecule has 38 heavy (non-hydrogen) atoms. The predicted octanol–water partition coefficient (Wildman–Crippen LogP) is 5.45. The number of rotatable bonds is 6. The van der Waals surface area contributed by atoms with E-state index in [0.29, 0.717) is 34.0 Å². The molecule has 3 aliphatic rings. The quantitative estimate of drug-likeness (QED) is 0.431. The summed E-state index contributed by atoms with van der Waals surface area (Å²) in [4.78, 5) is 26.3. The number of benzene rings is 1. The maximum absolute atomic E-state index is 11.5. The molecule has 10 heteroatoms. The lowest BCUT2D eigenvalue weighted by atomic mass is 9.91. The lowest BCUT2D eigenvalue weighted by molar-refractivity contribution is -0.139. The number of nitrogens with zero attached hydrogens (tertiary/aromatic N) is 6. The van der Waals surface area contributed by atoms with Gasteiger partial charge in [-0.1, -0.05) is 36.2 Å². The second-order valence-electron chi connectivity index (χ2n) is 11.3. The molecule has 1 aromatic carbocycles. The summed E-state index contributed by atoms with van der Waals surface area (Å²) < 4.78 is 1.91. The molecule has 0 radical (unpaired) electrons. The van der Waals surface area contributed by atoms with Crippen LogP contribution in [0.2, 0.25) is 10.0 Å². The number of piperidine rings is 1. The van der Waals surface area contributed by atoms with Crippen LogP contribution in [0.3, 0.4) is 0 Å². The zero-order valence-electron chi connectivity index (χ0n) is 22.0. The van der Waals surface area contributed by atoms with Gasteiger partial charge in [0.25, 0.3) is 0 Å². The number of hydrogen-bond acceptors (Lipinski definition) is 6. The number of carboxylic acids is 1. The Kier molecular flexibility index (Phi) is 6.77. The van der Waals surface area contributed by atoms with Crippen LogP contribution in [0.15, 0.2) is 24.4 Å². The van der Waals surface area contributed by atoms with Gasteiger partial charge in [-0.15, -0.1) is 0 Å². The average Bonchev–Trinajstić information content (AvgIpc) is 3.43. The van der Waals surface area contributed by atoms with Crippen LogP contribution in [0.5, 0.6) is 0 Å². The van der Waals surface area contributed by atoms with Gasteiger partial charge in [-0.3, -0.25) is 9.69 Å². The Morgan fingerprint density at radius 3 is 2.71 bits per heavy atom. The Labute approximate surface area is 232 Å². The molecule has 6 rings (SSSR count). The van der Waals surface area contributed by atoms with Crippen molar-refractivity contribution in [2.75, 3.05) is 24.5 Å². The number of halogens is 2. The van der Waals surface area contributed by atoms with E-state index in [2.05, 4.69) is 23.6 Å². The second kappa shape index (κ2) is 9.96. The second-order valence-corrected chi connectivity index (χ2v) is 12.2. The van der Waals surface area contributed by atoms with Crippen LogP contribution >= 0.6 is 23.2 Å². The molecule has 3 fully saturated rings. The molecule has 202 valence electrons. The third-order valence-electron chi connectivity index (χ3n) is 8.94. The molecule has 1 N–H and O–H groups in total. The van der Waals surface area contributed by atoms with Crippen molar-refractivity contribution in [2.45, 2.75) is 64.6 Å². The van der Waals surface area contributed by atoms with Gasteiger partial charge in [-0.05, 0) is 75.6 Å². The smallest absolute Gasteiger partial charge is 0.306 e. The van der Waals surface area contributed by atoms with Crippen LogP contribution in [-0.4, -0.2) is 67.4 Å². The third kappa shape index (κ3) is 4.54. The van der Waals surface area contributed by atoms with Crippen LogP contribution in [0, 0.1) is 24.7 Å². The monoisotopic (exact) mass is 556 g/mol. The van der Waals surface area contributed by atoms with Crippen molar-refractivity contribution in [1.29, 1.82) is 0 Å². The van der Waals surface area contributed by atoms with Crippen LogP contribution in [-0.2, 0) is 4.79 Å². The van der Waals surface area contributed by atoms with Crippen molar-refractivity contribution in [1.82, 2.24) is 24.6 Å². The highest BCUT2D eigenvalue weighted by molar-refractivity contribution is 6.35. The number of likely N-dealkylation sites (tertiary alicyclic amines) is 1. The Balaban J connectivity index is 1.22. The van der Waals surface area contributed by atoms with E-state index in [4.69, 9.17) is 38.3 Å². The first-order chi connectivity index (χ1) is 18.2. The van der Waals surface area contributed by atoms with Crippen molar-refractivity contribution >= 4 is 46.2 Å². The maximum atomic E-state index is 11.5. The molecule has 8 nitrogen and oxygen atoms in total. The molecule has 1 saturated carbocycles. The Morgan fingerprint density at radius 1 is 1.18 bits per heavy atom. The molecule has 6 atom stereocenters. The van der Waals surface area contributed by atoms with Gasteiger partial charge in [0, 0.05) is 35.2 Å². The minimum atomic E-state index is -0.624. The summed E-state index contributed by atoms with van der Waals surface area (Å²) in [5.74, 6) is 0.872. The maximum Gasteiger partial charge on any atom is 0.306 e. The van der Waals surface area contributed by atoms with E-state index in [-0.39, 0.29) is 12.0 Å². The van der Waals surface area contributed by atoms with E-state index in [0.717, 1.165) is 67.1 Å². The van der Waals surface area contributed by atoms with Gasteiger partial charge in [0.1, 0.15) is 11.3 Å². The van der Waals surface area contributed by atoms with E-state index in [1.807, 2.05) is 29.9 Å². The molecule has 3 aromatic rings. The van der Waals surface area contributed by atoms with Gasteiger partial charge in [0.05, 0.1) is 23.9 Å². The fraction of sp³-hybridized carbons (Fsp3) is 0.571. The minimum absolute atomic E-state index is 0.130. The minimum Gasteiger partial charge on any atom is -0.481 e. The molecule has 2 aromatic heterocycles. The molecule has 0 bridgehead atoms. The summed E-state index contributed by atoms with van der Waals surface area (Å²) in [5, 5.41) is 15.4. The fourth-order valence-electron chi connectivity index (χ4n) is 6.88. The van der Waals surface area contributed by atoms with Gasteiger partial charge in [0.15, 0.2) is 5.65 Å². The van der Waals surface area contributed by atoms with Crippen LogP contribution in [0.1, 0.15) is 56.8 Å². The normalized spacial score (nSPS) is 28.7. The van der Waals surface area contributed by atoms with Crippen molar-refractivity contribution in [3.05, 3.63) is 45.7 Å². The Morgan fingerprint density at radius 2 is 2.00 bits per heavy atom. The first-order valence-electron chi connectivity index (χ1n) is 13.6. The van der Waals surface area contributed by atoms with Gasteiger partial charge >= 0.3 is 5.97 Å². The molecule has 4 heterocycles. The van der Waals surface area contributed by atoms with Crippen molar-refractivity contribution in [3.63, 3.8) is 0 Å². The van der Waals surface area contributed by atoms with Crippen molar-refractivity contribution in [2.24, 2.45) is 17.8 Å². The lowest BCUT2D eigenvalue weighted by Gasteiger charge is -2.44. The van der Waals surface area contributed by atoms with Crippen molar-refractivity contribution in [3.8, 4) is 0 Å². The van der Waals surface area contributed by atoms with E-state index in [1.54, 1.807) is 6.07 Å². The highest BCUT2D eigenvalue weighted by Crippen LogP contribution is 2.48. The molecular formula is C28H34Cl2N6O2. The first kappa shape index (κ1) is 25.8. The number of aliphatic carboxylic acids is 1. The number of fused-ring (bicyclic) bond motifs is 1. The summed E-state index contributed by atoms with van der Waals surface area (Å²) in [5.41, 5.74) is 3.32. The van der Waals surface area contributed by atoms with Crippen LogP contribution in [0.25, 0.3) is 11.2 Å². The summed E-state index contributed by atoms with van der Waals surface area (Å²) in [6, 6.07) is 6.31. The molecular weight excluding hydrogens is 523 g/mol. The number of anilines is 1. The molecule has 2 aliphatic heterocycles. The highest BCUT2D eigenvalue weighted by Gasteiger charge is 2.52. The summed E-state index contributed by atoms with van der Waals surface area (Å²) >= 11 is 12.6. The SMILES string of the molecule is Cc1nn([C@H](C)c2ccc(Cl)cc2Cl)c2nc(N3CCC(N4CCC[C@H]4C4CC4C(=O)O)C(C)C3)cnc12. The average molecular weight is 558 g/mol. The molecule has 1 aliphatic carbocycles. The largest absolute Gasteiger partial charge is 0.481 e. The zero-order valence-corrected chi connectivity index (χ0v) is 23.5. The topological polar surface area (TPSA) is 87.4 Å². The number of carboxylic acid groups (broad SMARTS) is 1. The van der Waals surface area contributed by atoms with Crippen LogP contribution in [0.4, 0.5) is 5.82 Å². The van der Waals surface area contributed by atoms with Gasteiger partial charge in [-0.25, -0.2) is 14.6 Å². The molecule has 2 saturated heterocycles. The van der Waals surface area contributed by atoms with E-state index >= 15 is 0 Å². The van der Waals surface area contributed by atoms with Gasteiger partial charge < -0.3 is 10.0 Å². The molecule has 4 unspecified atom stereocenters. The van der Waals surface area contributed by atoms with Crippen molar-refractivity contribution < 1.29 is 9.90 Å². The third-order valence-corrected chi connectivity index (χ3v) is 9.50. The zero-order chi connectivity index (χ0) is 26.7. The summed E-state index contributed by atoms with van der Waals surface area (Å²) in [6.07, 6.45) is 6.04. The van der Waals surface area contributed by atoms with E-state index < -0.39 is 5.97 Å². The number of carbonyl (C=O) groups is 1. The Hall–Kier alpha value is -2.42. The van der Waals surface area contributed by atoms with E-state index in [9.17, 15) is 9.90 Å². The predicted molar refractivity (Wildman–Crippen MR) is 149 cm³/mol. The van der Waals surface area contributed by atoms with Gasteiger partial charge in [-0.2, -0.15) is 5.10 Å². The molecule has 0 amide bonds. The fourth-order valence-corrected chi connectivity index (χ4v) is 7.45. The standard InChI is InChI=1S/C28H34Cl2N6O2/c1-15-14-34(10-8-23(15)35-9-4-5-24(35)20-12-21(20)28(37)38)25-13-31-26-16(2)33-36(27(26)32-25)17(3)19-7-6-18(29)11-22(19)30/h6-7,11,13,15,17,20-21,23-24H,4-5,8-10,12,14H2,1-3H3,(H,37,38)/t15?,17-,20?,21?,23?,24+/m1/s1. The Bertz CT molecular complexity index is 1380. The number of aryl methyl sites for hydroxylation is 1. The molecule has 0 spiro atoms. The number of aromatic nitrogens is 4. The van der Waals surface area contributed by atoms with Crippen LogP contribution < -0.4 is 4.90 Å². The summed E-state index contributed by atoms with van der Waals surface area (Å²) in [6.45, 7) is 9.21. The summed E-state index contributed by atoms with van der Waals surface area (Å²) in [7, 11) is 0. The first-order valence-corrected chi connectivity index (χ1v) is 14.4. The van der Waals surface area contributed by atoms with E-state index in [1.165, 1.54) is 6.42 Å². The highest BCUT2D eigenvalue weighted by atomic mass is 35.5. The van der Waals surface area contributed by atoms with Gasteiger partial charge in [0.2, 0.25) is 0 Å².